The lowest BCUT2D eigenvalue weighted by atomic mass is 10.0. The number of likely N-dealkylation sites (N-methyl/N-ethyl adjacent to an activating group) is 1. The van der Waals surface area contributed by atoms with Gasteiger partial charge in [0.25, 0.3) is 5.91 Å². The number of hydrogen-bond donors (Lipinski definition) is 2. The van der Waals surface area contributed by atoms with Crippen molar-refractivity contribution in [1.82, 2.24) is 20.4 Å². The van der Waals surface area contributed by atoms with Crippen molar-refractivity contribution in [2.45, 2.75) is 18.9 Å². The number of aromatic nitrogens is 2. The Balaban J connectivity index is 0.00000176. The zero-order valence-electron chi connectivity index (χ0n) is 12.6. The fourth-order valence-electron chi connectivity index (χ4n) is 2.84. The Kier molecular flexibility index (Phi) is 5.57. The molecule has 0 spiro atoms. The lowest BCUT2D eigenvalue weighted by Crippen LogP contribution is -2.47. The molecule has 6 heteroatoms. The second-order valence-corrected chi connectivity index (χ2v) is 5.40. The third-order valence-electron chi connectivity index (χ3n) is 4.05. The molecule has 0 aliphatic carbocycles. The minimum Gasteiger partial charge on any atom is -0.337 e. The number of rotatable bonds is 3. The van der Waals surface area contributed by atoms with E-state index in [1.54, 1.807) is 6.20 Å². The summed E-state index contributed by atoms with van der Waals surface area (Å²) in [6, 6.07) is 10.2. The average Bonchev–Trinajstić information content (AvgIpc) is 3.04. The maximum Gasteiger partial charge on any atom is 0.257 e. The molecule has 0 bridgehead atoms. The third kappa shape index (κ3) is 3.31. The van der Waals surface area contributed by atoms with Gasteiger partial charge in [0, 0.05) is 24.7 Å². The number of halogens is 1. The van der Waals surface area contributed by atoms with Crippen LogP contribution in [0.1, 0.15) is 23.2 Å². The zero-order valence-corrected chi connectivity index (χ0v) is 13.4. The van der Waals surface area contributed by atoms with Gasteiger partial charge in [0.05, 0.1) is 17.5 Å². The molecule has 1 saturated heterocycles. The standard InChI is InChI=1S/C16H20N4O.ClH/c1-17-13-8-5-9-20(11-13)16(21)14-10-18-19-15(14)12-6-3-2-4-7-12;/h2-4,6-7,10,13,17H,5,8-9,11H2,1H3,(H,18,19);1H. The summed E-state index contributed by atoms with van der Waals surface area (Å²) in [7, 11) is 1.95. The van der Waals surface area contributed by atoms with Gasteiger partial charge >= 0.3 is 0 Å². The molecule has 118 valence electrons. The summed E-state index contributed by atoms with van der Waals surface area (Å²) in [6.07, 6.45) is 3.79. The average molecular weight is 321 g/mol. The van der Waals surface area contributed by atoms with E-state index in [-0.39, 0.29) is 18.3 Å². The van der Waals surface area contributed by atoms with E-state index in [1.165, 1.54) is 0 Å². The molecule has 22 heavy (non-hydrogen) atoms. The highest BCUT2D eigenvalue weighted by molar-refractivity contribution is 5.99. The van der Waals surface area contributed by atoms with Gasteiger partial charge < -0.3 is 10.2 Å². The van der Waals surface area contributed by atoms with Gasteiger partial charge in [-0.2, -0.15) is 5.10 Å². The third-order valence-corrected chi connectivity index (χ3v) is 4.05. The number of nitrogens with one attached hydrogen (secondary N) is 2. The van der Waals surface area contributed by atoms with Gasteiger partial charge in [-0.15, -0.1) is 12.4 Å². The van der Waals surface area contributed by atoms with Crippen molar-refractivity contribution in [3.05, 3.63) is 42.1 Å². The number of carbonyl (C=O) groups is 1. The topological polar surface area (TPSA) is 61.0 Å². The van der Waals surface area contributed by atoms with E-state index in [1.807, 2.05) is 42.3 Å². The highest BCUT2D eigenvalue weighted by Gasteiger charge is 2.26. The van der Waals surface area contributed by atoms with E-state index < -0.39 is 0 Å². The fraction of sp³-hybridized carbons (Fsp3) is 0.375. The summed E-state index contributed by atoms with van der Waals surface area (Å²) in [5.41, 5.74) is 2.44. The molecule has 1 aromatic carbocycles. The van der Waals surface area contributed by atoms with Gasteiger partial charge in [-0.05, 0) is 19.9 Å². The Morgan fingerprint density at radius 1 is 1.36 bits per heavy atom. The van der Waals surface area contributed by atoms with Gasteiger partial charge in [0.1, 0.15) is 0 Å². The molecule has 1 aromatic heterocycles. The quantitative estimate of drug-likeness (QED) is 0.912. The Labute approximate surface area is 136 Å². The number of hydrogen-bond acceptors (Lipinski definition) is 3. The predicted molar refractivity (Wildman–Crippen MR) is 89.3 cm³/mol. The van der Waals surface area contributed by atoms with Crippen LogP contribution in [0.15, 0.2) is 36.5 Å². The molecular weight excluding hydrogens is 300 g/mol. The molecule has 2 heterocycles. The molecule has 1 aliphatic heterocycles. The first-order chi connectivity index (χ1) is 10.3. The van der Waals surface area contributed by atoms with E-state index in [0.29, 0.717) is 11.6 Å². The van der Waals surface area contributed by atoms with Crippen molar-refractivity contribution < 1.29 is 4.79 Å². The zero-order chi connectivity index (χ0) is 14.7. The molecule has 2 aromatic rings. The molecule has 0 saturated carbocycles. The minimum absolute atomic E-state index is 0. The Morgan fingerprint density at radius 2 is 2.14 bits per heavy atom. The summed E-state index contributed by atoms with van der Waals surface area (Å²) in [5, 5.41) is 10.3. The molecule has 1 unspecified atom stereocenters. The molecule has 3 rings (SSSR count). The van der Waals surface area contributed by atoms with Crippen LogP contribution in [0.2, 0.25) is 0 Å². The number of piperidine rings is 1. The maximum atomic E-state index is 12.8. The molecule has 1 atom stereocenters. The Bertz CT molecular complexity index is 614. The number of amides is 1. The van der Waals surface area contributed by atoms with E-state index in [4.69, 9.17) is 0 Å². The SMILES string of the molecule is CNC1CCCN(C(=O)c2cn[nH]c2-c2ccccc2)C1.Cl. The van der Waals surface area contributed by atoms with E-state index >= 15 is 0 Å². The van der Waals surface area contributed by atoms with Crippen LogP contribution < -0.4 is 5.32 Å². The first kappa shape index (κ1) is 16.5. The largest absolute Gasteiger partial charge is 0.337 e. The number of benzene rings is 1. The Hall–Kier alpha value is -1.85. The van der Waals surface area contributed by atoms with Crippen LogP contribution >= 0.6 is 12.4 Å². The summed E-state index contributed by atoms with van der Waals surface area (Å²) < 4.78 is 0. The second-order valence-electron chi connectivity index (χ2n) is 5.40. The van der Waals surface area contributed by atoms with Crippen LogP contribution in [0.4, 0.5) is 0 Å². The maximum absolute atomic E-state index is 12.8. The molecular formula is C16H21ClN4O. The van der Waals surface area contributed by atoms with Crippen molar-refractivity contribution in [2.75, 3.05) is 20.1 Å². The smallest absolute Gasteiger partial charge is 0.257 e. The van der Waals surface area contributed by atoms with Crippen LogP contribution in [-0.4, -0.2) is 47.2 Å². The van der Waals surface area contributed by atoms with Crippen molar-refractivity contribution in [1.29, 1.82) is 0 Å². The lowest BCUT2D eigenvalue weighted by molar-refractivity contribution is 0.0699. The number of H-pyrrole nitrogens is 1. The monoisotopic (exact) mass is 320 g/mol. The molecule has 1 amide bonds. The summed E-state index contributed by atoms with van der Waals surface area (Å²) in [6.45, 7) is 1.57. The molecule has 2 N–H and O–H groups in total. The van der Waals surface area contributed by atoms with Crippen LogP contribution in [0, 0.1) is 0 Å². The second kappa shape index (κ2) is 7.42. The van der Waals surface area contributed by atoms with Gasteiger partial charge in [-0.25, -0.2) is 0 Å². The minimum atomic E-state index is 0. The first-order valence-corrected chi connectivity index (χ1v) is 7.35. The number of nitrogens with zero attached hydrogens (tertiary/aromatic N) is 2. The normalized spacial score (nSPS) is 17.9. The van der Waals surface area contributed by atoms with Crippen LogP contribution in [0.5, 0.6) is 0 Å². The Morgan fingerprint density at radius 3 is 2.86 bits per heavy atom. The van der Waals surface area contributed by atoms with Crippen LogP contribution in [-0.2, 0) is 0 Å². The molecule has 5 nitrogen and oxygen atoms in total. The van der Waals surface area contributed by atoms with Crippen molar-refractivity contribution in [3.8, 4) is 11.3 Å². The van der Waals surface area contributed by atoms with Crippen LogP contribution in [0.25, 0.3) is 11.3 Å². The predicted octanol–water partition coefficient (Wildman–Crippen LogP) is 2.32. The van der Waals surface area contributed by atoms with E-state index in [2.05, 4.69) is 15.5 Å². The molecule has 1 aliphatic rings. The van der Waals surface area contributed by atoms with Crippen molar-refractivity contribution >= 4 is 18.3 Å². The van der Waals surface area contributed by atoms with Gasteiger partial charge in [-0.3, -0.25) is 9.89 Å². The number of carbonyl (C=O) groups excluding carboxylic acids is 1. The molecule has 0 radical (unpaired) electrons. The fourth-order valence-corrected chi connectivity index (χ4v) is 2.84. The van der Waals surface area contributed by atoms with E-state index in [9.17, 15) is 4.79 Å². The lowest BCUT2D eigenvalue weighted by Gasteiger charge is -2.32. The molecule has 1 fully saturated rings. The van der Waals surface area contributed by atoms with Gasteiger partial charge in [0.15, 0.2) is 0 Å². The van der Waals surface area contributed by atoms with Crippen LogP contribution in [0.3, 0.4) is 0 Å². The summed E-state index contributed by atoms with van der Waals surface area (Å²) >= 11 is 0. The van der Waals surface area contributed by atoms with Crippen molar-refractivity contribution in [2.24, 2.45) is 0 Å². The number of aromatic amines is 1. The highest BCUT2D eigenvalue weighted by Crippen LogP contribution is 2.23. The van der Waals surface area contributed by atoms with Gasteiger partial charge in [0.2, 0.25) is 0 Å². The first-order valence-electron chi connectivity index (χ1n) is 7.35. The van der Waals surface area contributed by atoms with E-state index in [0.717, 1.165) is 37.2 Å². The van der Waals surface area contributed by atoms with Crippen molar-refractivity contribution in [3.63, 3.8) is 0 Å². The van der Waals surface area contributed by atoms with Gasteiger partial charge in [-0.1, -0.05) is 30.3 Å². The summed E-state index contributed by atoms with van der Waals surface area (Å²) in [4.78, 5) is 14.7. The highest BCUT2D eigenvalue weighted by atomic mass is 35.5. The number of likely N-dealkylation sites (tertiary alicyclic amines) is 1. The summed E-state index contributed by atoms with van der Waals surface area (Å²) in [5.74, 6) is 0.0579.